The van der Waals surface area contributed by atoms with Gasteiger partial charge in [0.15, 0.2) is 0 Å². The Morgan fingerprint density at radius 3 is 2.57 bits per heavy atom. The fourth-order valence-electron chi connectivity index (χ4n) is 1.53. The molecule has 0 N–H and O–H groups in total. The van der Waals surface area contributed by atoms with Crippen molar-refractivity contribution in [3.63, 3.8) is 0 Å². The van der Waals surface area contributed by atoms with Crippen LogP contribution in [-0.2, 0) is 12.8 Å². The molecule has 3 heteroatoms. The van der Waals surface area contributed by atoms with E-state index < -0.39 is 5.43 Å². The van der Waals surface area contributed by atoms with Crippen molar-refractivity contribution in [3.8, 4) is 5.75 Å². The summed E-state index contributed by atoms with van der Waals surface area (Å²) in [6.07, 6.45) is 1.76. The van der Waals surface area contributed by atoms with E-state index in [9.17, 15) is 4.79 Å². The molecule has 0 fully saturated rings. The molecule has 0 aliphatic carbocycles. The predicted octanol–water partition coefficient (Wildman–Crippen LogP) is 3.55. The number of ether oxygens (including phenoxy) is 1. The molecule has 0 radical (unpaired) electrons. The molecule has 0 atom stereocenters. The molecule has 0 amide bonds. The number of carbonyl (C=O) groups excluding carboxylic acids is 1. The lowest BCUT2D eigenvalue weighted by molar-refractivity contribution is 0.225. The normalized spacial score (nSPS) is 9.93. The molecule has 0 unspecified atom stereocenters. The van der Waals surface area contributed by atoms with E-state index in [-0.39, 0.29) is 0 Å². The molecular weight excluding hydrogens is 200 g/mol. The van der Waals surface area contributed by atoms with Gasteiger partial charge >= 0.3 is 5.43 Å². The summed E-state index contributed by atoms with van der Waals surface area (Å²) in [5.41, 5.74) is 1.47. The van der Waals surface area contributed by atoms with Gasteiger partial charge in [-0.15, -0.1) is 0 Å². The zero-order valence-electron chi connectivity index (χ0n) is 8.34. The molecule has 0 bridgehead atoms. The second-order valence-corrected chi connectivity index (χ2v) is 3.25. The SMILES string of the molecule is CCc1cccc(OC(=O)Cl)c1CC. The van der Waals surface area contributed by atoms with Gasteiger partial charge in [-0.05, 0) is 30.0 Å². The minimum absolute atomic E-state index is 0.576. The van der Waals surface area contributed by atoms with E-state index in [0.717, 1.165) is 18.4 Å². The van der Waals surface area contributed by atoms with Crippen molar-refractivity contribution >= 4 is 17.0 Å². The van der Waals surface area contributed by atoms with Crippen molar-refractivity contribution in [3.05, 3.63) is 29.3 Å². The monoisotopic (exact) mass is 212 g/mol. The Balaban J connectivity index is 3.08. The van der Waals surface area contributed by atoms with Gasteiger partial charge in [-0.1, -0.05) is 26.0 Å². The van der Waals surface area contributed by atoms with Crippen molar-refractivity contribution in [1.29, 1.82) is 0 Å². The van der Waals surface area contributed by atoms with Gasteiger partial charge in [0.05, 0.1) is 0 Å². The first-order valence-electron chi connectivity index (χ1n) is 4.67. The Labute approximate surface area is 88.8 Å². The average Bonchev–Trinajstić information content (AvgIpc) is 2.16. The van der Waals surface area contributed by atoms with Gasteiger partial charge in [0, 0.05) is 11.6 Å². The largest absolute Gasteiger partial charge is 0.414 e. The van der Waals surface area contributed by atoms with Crippen LogP contribution in [-0.4, -0.2) is 5.43 Å². The Kier molecular flexibility index (Phi) is 3.96. The van der Waals surface area contributed by atoms with Gasteiger partial charge in [0.25, 0.3) is 0 Å². The Bertz CT molecular complexity index is 334. The molecule has 0 aliphatic rings. The highest BCUT2D eigenvalue weighted by Crippen LogP contribution is 2.24. The first-order chi connectivity index (χ1) is 6.69. The lowest BCUT2D eigenvalue weighted by Crippen LogP contribution is -2.01. The van der Waals surface area contributed by atoms with Crippen molar-refractivity contribution in [1.82, 2.24) is 0 Å². The second-order valence-electron chi connectivity index (χ2n) is 2.94. The lowest BCUT2D eigenvalue weighted by atomic mass is 10.0. The van der Waals surface area contributed by atoms with Crippen LogP contribution < -0.4 is 4.74 Å². The third-order valence-electron chi connectivity index (χ3n) is 2.15. The average molecular weight is 213 g/mol. The maximum atomic E-state index is 10.6. The molecule has 0 saturated heterocycles. The Hall–Kier alpha value is -1.02. The van der Waals surface area contributed by atoms with Crippen LogP contribution in [0.1, 0.15) is 25.0 Å². The van der Waals surface area contributed by atoms with Gasteiger partial charge in [-0.3, -0.25) is 0 Å². The number of hydrogen-bond donors (Lipinski definition) is 0. The fraction of sp³-hybridized carbons (Fsp3) is 0.364. The lowest BCUT2D eigenvalue weighted by Gasteiger charge is -2.10. The summed E-state index contributed by atoms with van der Waals surface area (Å²) in [6.45, 7) is 4.10. The van der Waals surface area contributed by atoms with Crippen LogP contribution in [0.25, 0.3) is 0 Å². The zero-order valence-corrected chi connectivity index (χ0v) is 9.10. The van der Waals surface area contributed by atoms with Gasteiger partial charge in [0.1, 0.15) is 5.75 Å². The number of carbonyl (C=O) groups is 1. The van der Waals surface area contributed by atoms with Gasteiger partial charge in [-0.2, -0.15) is 0 Å². The minimum atomic E-state index is -0.784. The van der Waals surface area contributed by atoms with Crippen LogP contribution in [0.4, 0.5) is 4.79 Å². The van der Waals surface area contributed by atoms with Gasteiger partial charge in [-0.25, -0.2) is 4.79 Å². The molecule has 1 rings (SSSR count). The molecule has 14 heavy (non-hydrogen) atoms. The highest BCUT2D eigenvalue weighted by atomic mass is 35.5. The highest BCUT2D eigenvalue weighted by molar-refractivity contribution is 6.61. The fourth-order valence-corrected chi connectivity index (χ4v) is 1.61. The van der Waals surface area contributed by atoms with Crippen LogP contribution in [0.5, 0.6) is 5.75 Å². The van der Waals surface area contributed by atoms with Crippen molar-refractivity contribution in [2.45, 2.75) is 26.7 Å². The topological polar surface area (TPSA) is 26.3 Å². The van der Waals surface area contributed by atoms with E-state index in [1.807, 2.05) is 19.1 Å². The molecule has 76 valence electrons. The van der Waals surface area contributed by atoms with E-state index in [1.165, 1.54) is 5.56 Å². The third kappa shape index (κ3) is 2.48. The molecule has 1 aromatic rings. The summed E-state index contributed by atoms with van der Waals surface area (Å²) in [4.78, 5) is 10.6. The molecule has 1 aromatic carbocycles. The Morgan fingerprint density at radius 2 is 2.07 bits per heavy atom. The number of benzene rings is 1. The summed E-state index contributed by atoms with van der Waals surface area (Å²) < 4.78 is 4.91. The van der Waals surface area contributed by atoms with Crippen LogP contribution in [0, 0.1) is 0 Å². The van der Waals surface area contributed by atoms with E-state index in [1.54, 1.807) is 6.07 Å². The number of halogens is 1. The number of aryl methyl sites for hydroxylation is 1. The van der Waals surface area contributed by atoms with E-state index >= 15 is 0 Å². The van der Waals surface area contributed by atoms with Crippen molar-refractivity contribution < 1.29 is 9.53 Å². The molecule has 0 aromatic heterocycles. The van der Waals surface area contributed by atoms with Crippen LogP contribution in [0.15, 0.2) is 18.2 Å². The van der Waals surface area contributed by atoms with Gasteiger partial charge < -0.3 is 4.74 Å². The zero-order chi connectivity index (χ0) is 10.6. The maximum Gasteiger partial charge on any atom is 0.409 e. The van der Waals surface area contributed by atoms with E-state index in [2.05, 4.69) is 6.92 Å². The minimum Gasteiger partial charge on any atom is -0.414 e. The first kappa shape index (κ1) is 11.1. The molecule has 0 heterocycles. The van der Waals surface area contributed by atoms with Crippen LogP contribution in [0.3, 0.4) is 0 Å². The summed E-state index contributed by atoms with van der Waals surface area (Å²) in [5.74, 6) is 0.576. The number of rotatable bonds is 3. The Morgan fingerprint density at radius 1 is 1.36 bits per heavy atom. The molecule has 2 nitrogen and oxygen atoms in total. The quantitative estimate of drug-likeness (QED) is 0.717. The van der Waals surface area contributed by atoms with Crippen LogP contribution >= 0.6 is 11.6 Å². The van der Waals surface area contributed by atoms with Gasteiger partial charge in [0.2, 0.25) is 0 Å². The summed E-state index contributed by atoms with van der Waals surface area (Å²) in [6, 6.07) is 5.66. The van der Waals surface area contributed by atoms with Crippen molar-refractivity contribution in [2.75, 3.05) is 0 Å². The highest BCUT2D eigenvalue weighted by Gasteiger charge is 2.08. The summed E-state index contributed by atoms with van der Waals surface area (Å²) in [7, 11) is 0. The summed E-state index contributed by atoms with van der Waals surface area (Å²) >= 11 is 5.18. The molecule has 0 saturated carbocycles. The smallest absolute Gasteiger partial charge is 0.409 e. The third-order valence-corrected chi connectivity index (χ3v) is 2.23. The molecular formula is C11H13ClO2. The molecule has 0 aliphatic heterocycles. The van der Waals surface area contributed by atoms with E-state index in [4.69, 9.17) is 16.3 Å². The molecule has 0 spiro atoms. The number of hydrogen-bond acceptors (Lipinski definition) is 2. The maximum absolute atomic E-state index is 10.6. The van der Waals surface area contributed by atoms with Crippen molar-refractivity contribution in [2.24, 2.45) is 0 Å². The van der Waals surface area contributed by atoms with E-state index in [0.29, 0.717) is 5.75 Å². The predicted molar refractivity (Wildman–Crippen MR) is 57.1 cm³/mol. The second kappa shape index (κ2) is 5.01. The standard InChI is InChI=1S/C11H13ClO2/c1-3-8-6-5-7-10(9(8)4-2)14-11(12)13/h5-7H,3-4H2,1-2H3. The van der Waals surface area contributed by atoms with Crippen LogP contribution in [0.2, 0.25) is 0 Å². The first-order valence-corrected chi connectivity index (χ1v) is 5.04. The summed E-state index contributed by atoms with van der Waals surface area (Å²) in [5, 5.41) is 0.